The fraction of sp³-hybridized carbons (Fsp3) is 0.214. The molecule has 1 amide bonds. The van der Waals surface area contributed by atoms with E-state index in [-0.39, 0.29) is 5.91 Å². The molecule has 2 aromatic heterocycles. The summed E-state index contributed by atoms with van der Waals surface area (Å²) < 4.78 is 0. The second-order valence-corrected chi connectivity index (χ2v) is 4.16. The highest BCUT2D eigenvalue weighted by Gasteiger charge is 2.13. The Morgan fingerprint density at radius 2 is 2.11 bits per heavy atom. The van der Waals surface area contributed by atoms with Crippen LogP contribution in [-0.4, -0.2) is 34.9 Å². The Hall–Kier alpha value is -2.43. The van der Waals surface area contributed by atoms with E-state index in [9.17, 15) is 4.79 Å². The van der Waals surface area contributed by atoms with Gasteiger partial charge in [-0.25, -0.2) is 4.98 Å². The molecule has 0 saturated heterocycles. The van der Waals surface area contributed by atoms with E-state index in [0.29, 0.717) is 12.2 Å². The highest BCUT2D eigenvalue weighted by molar-refractivity contribution is 5.92. The fourth-order valence-electron chi connectivity index (χ4n) is 1.67. The molecule has 0 aromatic carbocycles. The first-order valence-electron chi connectivity index (χ1n) is 6.00. The minimum Gasteiger partial charge on any atom is -0.387 e. The summed E-state index contributed by atoms with van der Waals surface area (Å²) >= 11 is 0. The van der Waals surface area contributed by atoms with Gasteiger partial charge >= 0.3 is 0 Å². The predicted octanol–water partition coefficient (Wildman–Crippen LogP) is 1.79. The molecule has 5 nitrogen and oxygen atoms in total. The number of hydrogen-bond donors (Lipinski definition) is 1. The summed E-state index contributed by atoms with van der Waals surface area (Å²) in [5.74, 6) is -0.117. The first-order valence-corrected chi connectivity index (χ1v) is 6.00. The summed E-state index contributed by atoms with van der Waals surface area (Å²) in [6.07, 6.45) is 3.36. The zero-order valence-electron chi connectivity index (χ0n) is 11.0. The quantitative estimate of drug-likeness (QED) is 0.906. The second kappa shape index (κ2) is 5.95. The molecule has 1 N–H and O–H groups in total. The molecule has 0 radical (unpaired) electrons. The van der Waals surface area contributed by atoms with Crippen molar-refractivity contribution in [2.24, 2.45) is 0 Å². The van der Waals surface area contributed by atoms with E-state index in [0.717, 1.165) is 11.4 Å². The van der Waals surface area contributed by atoms with Gasteiger partial charge in [0.25, 0.3) is 5.91 Å². The first kappa shape index (κ1) is 13.0. The van der Waals surface area contributed by atoms with E-state index in [1.54, 1.807) is 30.4 Å². The van der Waals surface area contributed by atoms with Crippen LogP contribution in [-0.2, 0) is 6.54 Å². The lowest BCUT2D eigenvalue weighted by Crippen LogP contribution is -2.27. The molecular formula is C14H16N4O. The van der Waals surface area contributed by atoms with E-state index in [1.807, 2.05) is 31.3 Å². The number of amides is 1. The third kappa shape index (κ3) is 3.28. The van der Waals surface area contributed by atoms with Crippen molar-refractivity contribution in [3.63, 3.8) is 0 Å². The molecule has 0 unspecified atom stereocenters. The summed E-state index contributed by atoms with van der Waals surface area (Å²) in [7, 11) is 3.55. The molecule has 2 rings (SSSR count). The predicted molar refractivity (Wildman–Crippen MR) is 73.8 cm³/mol. The molecule has 0 aliphatic rings. The number of anilines is 1. The van der Waals surface area contributed by atoms with E-state index in [2.05, 4.69) is 15.3 Å². The third-order valence-corrected chi connectivity index (χ3v) is 2.74. The monoisotopic (exact) mass is 256 g/mol. The summed E-state index contributed by atoms with van der Waals surface area (Å²) in [5.41, 5.74) is 2.16. The van der Waals surface area contributed by atoms with Gasteiger partial charge in [0.05, 0.1) is 24.1 Å². The van der Waals surface area contributed by atoms with Crippen LogP contribution in [0, 0.1) is 0 Å². The SMILES string of the molecule is CNc1ccc(C(=O)N(C)Cc2ccccn2)nc1. The van der Waals surface area contributed by atoms with Gasteiger partial charge < -0.3 is 10.2 Å². The maximum absolute atomic E-state index is 12.2. The van der Waals surface area contributed by atoms with Gasteiger partial charge in [-0.1, -0.05) is 6.07 Å². The smallest absolute Gasteiger partial charge is 0.272 e. The Morgan fingerprint density at radius 1 is 1.26 bits per heavy atom. The normalized spacial score (nSPS) is 10.0. The van der Waals surface area contributed by atoms with Crippen LogP contribution in [0.25, 0.3) is 0 Å². The van der Waals surface area contributed by atoms with Crippen LogP contribution in [0.15, 0.2) is 42.7 Å². The van der Waals surface area contributed by atoms with Crippen molar-refractivity contribution in [3.8, 4) is 0 Å². The number of rotatable bonds is 4. The summed E-state index contributed by atoms with van der Waals surface area (Å²) in [6, 6.07) is 9.18. The highest BCUT2D eigenvalue weighted by atomic mass is 16.2. The maximum atomic E-state index is 12.2. The Morgan fingerprint density at radius 3 is 2.68 bits per heavy atom. The Kier molecular flexibility index (Phi) is 4.07. The molecular weight excluding hydrogens is 240 g/mol. The summed E-state index contributed by atoms with van der Waals surface area (Å²) in [4.78, 5) is 22.1. The van der Waals surface area contributed by atoms with Crippen molar-refractivity contribution in [2.75, 3.05) is 19.4 Å². The van der Waals surface area contributed by atoms with E-state index in [1.165, 1.54) is 0 Å². The highest BCUT2D eigenvalue weighted by Crippen LogP contribution is 2.08. The topological polar surface area (TPSA) is 58.1 Å². The number of pyridine rings is 2. The van der Waals surface area contributed by atoms with Gasteiger partial charge in [-0.15, -0.1) is 0 Å². The number of carbonyl (C=O) groups is 1. The first-order chi connectivity index (χ1) is 9.20. The molecule has 0 saturated carbocycles. The van der Waals surface area contributed by atoms with Crippen LogP contribution in [0.3, 0.4) is 0 Å². The van der Waals surface area contributed by atoms with Crippen LogP contribution < -0.4 is 5.32 Å². The van der Waals surface area contributed by atoms with Gasteiger partial charge in [-0.05, 0) is 24.3 Å². The minimum absolute atomic E-state index is 0.117. The van der Waals surface area contributed by atoms with Crippen LogP contribution in [0.2, 0.25) is 0 Å². The van der Waals surface area contributed by atoms with E-state index in [4.69, 9.17) is 0 Å². The van der Waals surface area contributed by atoms with Crippen molar-refractivity contribution in [2.45, 2.75) is 6.54 Å². The van der Waals surface area contributed by atoms with Gasteiger partial charge in [0.1, 0.15) is 5.69 Å². The number of nitrogens with one attached hydrogen (secondary N) is 1. The number of hydrogen-bond acceptors (Lipinski definition) is 4. The maximum Gasteiger partial charge on any atom is 0.272 e. The third-order valence-electron chi connectivity index (χ3n) is 2.74. The van der Waals surface area contributed by atoms with Gasteiger partial charge in [0.15, 0.2) is 0 Å². The lowest BCUT2D eigenvalue weighted by Gasteiger charge is -2.16. The number of aromatic nitrogens is 2. The van der Waals surface area contributed by atoms with Gasteiger partial charge in [-0.2, -0.15) is 0 Å². The molecule has 2 heterocycles. The molecule has 0 atom stereocenters. The van der Waals surface area contributed by atoms with Crippen molar-refractivity contribution in [3.05, 3.63) is 54.1 Å². The zero-order chi connectivity index (χ0) is 13.7. The molecule has 0 spiro atoms. The molecule has 0 bridgehead atoms. The summed E-state index contributed by atoms with van der Waals surface area (Å²) in [5, 5.41) is 2.96. The molecule has 19 heavy (non-hydrogen) atoms. The zero-order valence-corrected chi connectivity index (χ0v) is 11.0. The molecule has 2 aromatic rings. The molecule has 0 fully saturated rings. The second-order valence-electron chi connectivity index (χ2n) is 4.16. The van der Waals surface area contributed by atoms with Crippen LogP contribution in [0.5, 0.6) is 0 Å². The van der Waals surface area contributed by atoms with Crippen molar-refractivity contribution >= 4 is 11.6 Å². The van der Waals surface area contributed by atoms with Gasteiger partial charge in [-0.3, -0.25) is 9.78 Å². The van der Waals surface area contributed by atoms with E-state index < -0.39 is 0 Å². The van der Waals surface area contributed by atoms with Crippen LogP contribution in [0.4, 0.5) is 5.69 Å². The standard InChI is InChI=1S/C14H16N4O/c1-15-11-6-7-13(17-9-11)14(19)18(2)10-12-5-3-4-8-16-12/h3-9,15H,10H2,1-2H3. The molecule has 5 heteroatoms. The lowest BCUT2D eigenvalue weighted by atomic mass is 10.3. The Labute approximate surface area is 112 Å². The van der Waals surface area contributed by atoms with Crippen molar-refractivity contribution in [1.29, 1.82) is 0 Å². The lowest BCUT2D eigenvalue weighted by molar-refractivity contribution is 0.0777. The van der Waals surface area contributed by atoms with Gasteiger partial charge in [0.2, 0.25) is 0 Å². The molecule has 98 valence electrons. The van der Waals surface area contributed by atoms with E-state index >= 15 is 0 Å². The van der Waals surface area contributed by atoms with Crippen molar-refractivity contribution in [1.82, 2.24) is 14.9 Å². The minimum atomic E-state index is -0.117. The van der Waals surface area contributed by atoms with Crippen LogP contribution in [0.1, 0.15) is 16.2 Å². The van der Waals surface area contributed by atoms with Gasteiger partial charge in [0, 0.05) is 20.3 Å². The fourth-order valence-corrected chi connectivity index (χ4v) is 1.67. The number of nitrogens with zero attached hydrogens (tertiary/aromatic N) is 3. The van der Waals surface area contributed by atoms with Crippen LogP contribution >= 0.6 is 0 Å². The Balaban J connectivity index is 2.06. The average molecular weight is 256 g/mol. The van der Waals surface area contributed by atoms with Crippen molar-refractivity contribution < 1.29 is 4.79 Å². The Bertz CT molecular complexity index is 539. The molecule has 0 aliphatic carbocycles. The number of carbonyl (C=O) groups excluding carboxylic acids is 1. The largest absolute Gasteiger partial charge is 0.387 e. The average Bonchev–Trinajstić information content (AvgIpc) is 2.47. The molecule has 0 aliphatic heterocycles. The summed E-state index contributed by atoms with van der Waals surface area (Å²) in [6.45, 7) is 0.467.